The second kappa shape index (κ2) is 6.55. The summed E-state index contributed by atoms with van der Waals surface area (Å²) in [5.74, 6) is 0.814. The van der Waals surface area contributed by atoms with Gasteiger partial charge in [0.1, 0.15) is 17.0 Å². The molecule has 4 heteroatoms. The highest BCUT2D eigenvalue weighted by molar-refractivity contribution is 7.17. The highest BCUT2D eigenvalue weighted by Crippen LogP contribution is 2.38. The van der Waals surface area contributed by atoms with Gasteiger partial charge in [-0.15, -0.1) is 11.3 Å². The van der Waals surface area contributed by atoms with Gasteiger partial charge in [0.05, 0.1) is 16.7 Å². The van der Waals surface area contributed by atoms with Gasteiger partial charge in [-0.3, -0.25) is 4.57 Å². The Morgan fingerprint density at radius 2 is 1.69 bits per heavy atom. The summed E-state index contributed by atoms with van der Waals surface area (Å²) in [7, 11) is 0. The lowest BCUT2D eigenvalue weighted by molar-refractivity contribution is 0.668. The fourth-order valence-corrected chi connectivity index (χ4v) is 5.50. The van der Waals surface area contributed by atoms with Crippen molar-refractivity contribution in [1.29, 1.82) is 0 Å². The lowest BCUT2D eigenvalue weighted by Gasteiger charge is -2.09. The number of aryl methyl sites for hydroxylation is 1. The second-order valence-corrected chi connectivity index (χ2v) is 8.81. The zero-order valence-corrected chi connectivity index (χ0v) is 17.7. The molecule has 32 heavy (non-hydrogen) atoms. The third-order valence-corrected chi connectivity index (χ3v) is 6.94. The van der Waals surface area contributed by atoms with Crippen LogP contribution in [0.25, 0.3) is 60.1 Å². The summed E-state index contributed by atoms with van der Waals surface area (Å²) in [6.45, 7) is -2.13. The molecule has 0 saturated heterocycles. The topological polar surface area (TPSA) is 31.0 Å². The Labute approximate surface area is 192 Å². The fourth-order valence-electron chi connectivity index (χ4n) is 4.52. The first-order chi connectivity index (χ1) is 17.0. The summed E-state index contributed by atoms with van der Waals surface area (Å²) >= 11 is 1.54. The van der Waals surface area contributed by atoms with Crippen LogP contribution >= 0.6 is 11.3 Å². The molecule has 3 aromatic heterocycles. The molecule has 0 spiro atoms. The average Bonchev–Trinajstić information content (AvgIpc) is 3.55. The van der Waals surface area contributed by atoms with Crippen molar-refractivity contribution >= 4 is 54.4 Å². The monoisotopic (exact) mass is 433 g/mol. The Hall–Kier alpha value is -3.89. The van der Waals surface area contributed by atoms with Crippen molar-refractivity contribution in [1.82, 2.24) is 9.55 Å². The molecular weight excluding hydrogens is 412 g/mol. The number of rotatable bonds is 2. The van der Waals surface area contributed by atoms with Crippen LogP contribution in [-0.4, -0.2) is 9.55 Å². The average molecular weight is 434 g/mol. The highest BCUT2D eigenvalue weighted by atomic mass is 32.1. The first-order valence-electron chi connectivity index (χ1n) is 11.9. The minimum absolute atomic E-state index is 0.349. The maximum absolute atomic E-state index is 7.76. The number of fused-ring (bicyclic) bond motifs is 5. The number of nitrogens with zero attached hydrogens (tertiary/aromatic N) is 2. The lowest BCUT2D eigenvalue weighted by Crippen LogP contribution is -1.97. The van der Waals surface area contributed by atoms with Crippen LogP contribution in [0.3, 0.4) is 0 Å². The Kier molecular flexibility index (Phi) is 3.07. The van der Waals surface area contributed by atoms with Crippen molar-refractivity contribution in [2.75, 3.05) is 0 Å². The van der Waals surface area contributed by atoms with Gasteiger partial charge in [-0.1, -0.05) is 42.5 Å². The van der Waals surface area contributed by atoms with Crippen LogP contribution in [0, 0.1) is 6.85 Å². The molecule has 0 fully saturated rings. The van der Waals surface area contributed by atoms with E-state index in [1.54, 1.807) is 12.1 Å². The minimum Gasteiger partial charge on any atom is -0.456 e. The summed E-state index contributed by atoms with van der Waals surface area (Å²) in [6, 6.07) is 27.8. The van der Waals surface area contributed by atoms with E-state index in [0.29, 0.717) is 5.56 Å². The first-order valence-corrected chi connectivity index (χ1v) is 11.3. The third-order valence-electron chi connectivity index (χ3n) is 6.00. The van der Waals surface area contributed by atoms with E-state index in [1.807, 2.05) is 42.5 Å². The Balaban J connectivity index is 1.48. The Morgan fingerprint density at radius 3 is 2.66 bits per heavy atom. The number of thiophene rings is 1. The molecule has 0 bridgehead atoms. The standard InChI is InChI=1S/C28H18N2OS/c1-17-10-12-21-22(16-32-27(21)14-17)28-29-23-7-3-4-8-24(23)30(28)18-11-13-20-19-6-2-5-9-25(19)31-26(20)15-18/h2-16H,1H3/i1D3. The van der Waals surface area contributed by atoms with Crippen molar-refractivity contribution in [3.05, 3.63) is 95.9 Å². The van der Waals surface area contributed by atoms with Crippen LogP contribution in [-0.2, 0) is 0 Å². The van der Waals surface area contributed by atoms with Gasteiger partial charge in [-0.25, -0.2) is 4.98 Å². The van der Waals surface area contributed by atoms with Gasteiger partial charge in [0.2, 0.25) is 0 Å². The van der Waals surface area contributed by atoms with Gasteiger partial charge >= 0.3 is 0 Å². The number of aromatic nitrogens is 2. The van der Waals surface area contributed by atoms with E-state index in [4.69, 9.17) is 13.5 Å². The summed E-state index contributed by atoms with van der Waals surface area (Å²) in [5.41, 5.74) is 5.86. The molecule has 0 unspecified atom stereocenters. The van der Waals surface area contributed by atoms with E-state index in [2.05, 4.69) is 40.3 Å². The molecule has 0 N–H and O–H groups in total. The third kappa shape index (κ3) is 2.50. The Morgan fingerprint density at radius 1 is 0.844 bits per heavy atom. The molecule has 0 saturated carbocycles. The van der Waals surface area contributed by atoms with Crippen LogP contribution in [0.2, 0.25) is 0 Å². The van der Waals surface area contributed by atoms with Crippen LogP contribution in [0.4, 0.5) is 0 Å². The van der Waals surface area contributed by atoms with Crippen LogP contribution in [0.5, 0.6) is 0 Å². The van der Waals surface area contributed by atoms with Gasteiger partial charge in [0.25, 0.3) is 0 Å². The SMILES string of the molecule is [2H]C([2H])([2H])c1ccc2c(-c3nc4ccccc4n3-c3ccc4c(c3)oc3ccccc34)csc2c1. The van der Waals surface area contributed by atoms with Crippen LogP contribution in [0.1, 0.15) is 9.68 Å². The van der Waals surface area contributed by atoms with Crippen molar-refractivity contribution < 1.29 is 8.53 Å². The molecular formula is C28H18N2OS. The number of furan rings is 1. The second-order valence-electron chi connectivity index (χ2n) is 7.90. The van der Waals surface area contributed by atoms with Crippen molar-refractivity contribution in [3.63, 3.8) is 0 Å². The number of hydrogen-bond acceptors (Lipinski definition) is 3. The molecule has 7 rings (SSSR count). The van der Waals surface area contributed by atoms with Gasteiger partial charge < -0.3 is 4.42 Å². The normalized spacial score (nSPS) is 13.7. The van der Waals surface area contributed by atoms with Gasteiger partial charge in [0.15, 0.2) is 0 Å². The fraction of sp³-hybridized carbons (Fsp3) is 0.0357. The zero-order valence-electron chi connectivity index (χ0n) is 19.9. The van der Waals surface area contributed by atoms with E-state index in [1.165, 1.54) is 11.3 Å². The quantitative estimate of drug-likeness (QED) is 0.276. The molecule has 3 heterocycles. The Bertz CT molecular complexity index is 1910. The highest BCUT2D eigenvalue weighted by Gasteiger charge is 2.18. The molecule has 3 nitrogen and oxygen atoms in total. The summed E-state index contributed by atoms with van der Waals surface area (Å²) in [5, 5.41) is 5.22. The molecule has 0 radical (unpaired) electrons. The maximum Gasteiger partial charge on any atom is 0.147 e. The molecule has 7 aromatic rings. The molecule has 152 valence electrons. The predicted molar refractivity (Wildman–Crippen MR) is 134 cm³/mol. The zero-order chi connectivity index (χ0) is 23.7. The summed E-state index contributed by atoms with van der Waals surface area (Å²) in [6.07, 6.45) is 0. The minimum atomic E-state index is -2.13. The van der Waals surface area contributed by atoms with Crippen LogP contribution in [0.15, 0.2) is 94.7 Å². The molecule has 0 atom stereocenters. The molecule has 4 aromatic carbocycles. The lowest BCUT2D eigenvalue weighted by atomic mass is 10.1. The molecule has 0 amide bonds. The molecule has 0 aliphatic rings. The summed E-state index contributed by atoms with van der Waals surface area (Å²) in [4.78, 5) is 5.00. The van der Waals surface area contributed by atoms with E-state index < -0.39 is 6.85 Å². The molecule has 0 aliphatic carbocycles. The summed E-state index contributed by atoms with van der Waals surface area (Å²) < 4.78 is 32.5. The number of imidazole rings is 1. The maximum atomic E-state index is 7.76. The molecule has 0 aliphatic heterocycles. The van der Waals surface area contributed by atoms with E-state index in [9.17, 15) is 0 Å². The predicted octanol–water partition coefficient (Wildman–Crippen LogP) is 8.12. The first kappa shape index (κ1) is 15.0. The van der Waals surface area contributed by atoms with E-state index in [-0.39, 0.29) is 0 Å². The van der Waals surface area contributed by atoms with Crippen LogP contribution < -0.4 is 0 Å². The smallest absolute Gasteiger partial charge is 0.147 e. The van der Waals surface area contributed by atoms with Gasteiger partial charge in [-0.2, -0.15) is 0 Å². The van der Waals surface area contributed by atoms with E-state index >= 15 is 0 Å². The number of para-hydroxylation sites is 3. The van der Waals surface area contributed by atoms with Crippen molar-refractivity contribution in [3.8, 4) is 17.1 Å². The van der Waals surface area contributed by atoms with E-state index in [0.717, 1.165) is 60.1 Å². The number of benzene rings is 4. The van der Waals surface area contributed by atoms with Gasteiger partial charge in [-0.05, 0) is 48.8 Å². The van der Waals surface area contributed by atoms with Crippen molar-refractivity contribution in [2.45, 2.75) is 6.85 Å². The van der Waals surface area contributed by atoms with Gasteiger partial charge in [0, 0.05) is 42.0 Å². The van der Waals surface area contributed by atoms with Crippen molar-refractivity contribution in [2.24, 2.45) is 0 Å². The number of hydrogen-bond donors (Lipinski definition) is 0. The largest absolute Gasteiger partial charge is 0.456 e.